The smallest absolute Gasteiger partial charge is 0.329 e. The molecule has 1 aliphatic rings. The van der Waals surface area contributed by atoms with Gasteiger partial charge in [0, 0.05) is 17.8 Å². The van der Waals surface area contributed by atoms with Gasteiger partial charge in [-0.3, -0.25) is 10.1 Å². The standard InChI is InChI=1S/C12H19N5O2S/c1-3-6-13-11-14-7-9(17(18)19)10(16-11)15-8-12(20-2)4-5-12/h7H,3-6,8H2,1-2H3,(H2,13,14,15,16). The molecule has 1 heterocycles. The summed E-state index contributed by atoms with van der Waals surface area (Å²) in [5, 5.41) is 17.2. The molecule has 110 valence electrons. The third kappa shape index (κ3) is 3.50. The van der Waals surface area contributed by atoms with Crippen LogP contribution in [0.5, 0.6) is 0 Å². The Morgan fingerprint density at radius 3 is 2.80 bits per heavy atom. The van der Waals surface area contributed by atoms with Crippen molar-refractivity contribution in [2.24, 2.45) is 0 Å². The van der Waals surface area contributed by atoms with Crippen molar-refractivity contribution in [1.29, 1.82) is 0 Å². The second-order valence-electron chi connectivity index (χ2n) is 4.85. The zero-order valence-electron chi connectivity index (χ0n) is 11.7. The van der Waals surface area contributed by atoms with Gasteiger partial charge in [0.25, 0.3) is 0 Å². The molecule has 0 bridgehead atoms. The molecule has 0 aliphatic heterocycles. The highest BCUT2D eigenvalue weighted by atomic mass is 32.2. The predicted octanol–water partition coefficient (Wildman–Crippen LogP) is 2.51. The molecule has 0 unspecified atom stereocenters. The average Bonchev–Trinajstić information content (AvgIpc) is 3.23. The molecule has 0 atom stereocenters. The van der Waals surface area contributed by atoms with E-state index in [2.05, 4.69) is 26.9 Å². The first-order valence-corrected chi connectivity index (χ1v) is 7.87. The van der Waals surface area contributed by atoms with E-state index in [-0.39, 0.29) is 10.4 Å². The summed E-state index contributed by atoms with van der Waals surface area (Å²) in [7, 11) is 0. The molecule has 2 N–H and O–H groups in total. The zero-order valence-corrected chi connectivity index (χ0v) is 12.5. The van der Waals surface area contributed by atoms with Crippen LogP contribution in [0.1, 0.15) is 26.2 Å². The molecular formula is C12H19N5O2S. The quantitative estimate of drug-likeness (QED) is 0.562. The van der Waals surface area contributed by atoms with E-state index in [4.69, 9.17) is 0 Å². The summed E-state index contributed by atoms with van der Waals surface area (Å²) in [6.45, 7) is 3.47. The molecule has 7 nitrogen and oxygen atoms in total. The summed E-state index contributed by atoms with van der Waals surface area (Å²) in [4.78, 5) is 18.7. The van der Waals surface area contributed by atoms with Gasteiger partial charge in [0.2, 0.25) is 11.8 Å². The van der Waals surface area contributed by atoms with Crippen molar-refractivity contribution in [3.05, 3.63) is 16.3 Å². The number of hydrogen-bond donors (Lipinski definition) is 2. The molecule has 0 aromatic carbocycles. The van der Waals surface area contributed by atoms with Gasteiger partial charge in [-0.2, -0.15) is 16.7 Å². The summed E-state index contributed by atoms with van der Waals surface area (Å²) < 4.78 is 0.218. The lowest BCUT2D eigenvalue weighted by atomic mass is 10.4. The van der Waals surface area contributed by atoms with E-state index in [1.807, 2.05) is 6.92 Å². The molecule has 0 spiro atoms. The van der Waals surface area contributed by atoms with Crippen molar-refractivity contribution in [1.82, 2.24) is 9.97 Å². The van der Waals surface area contributed by atoms with Crippen LogP contribution in [0.3, 0.4) is 0 Å². The van der Waals surface area contributed by atoms with Crippen molar-refractivity contribution in [2.45, 2.75) is 30.9 Å². The van der Waals surface area contributed by atoms with Crippen LogP contribution < -0.4 is 10.6 Å². The molecule has 1 aliphatic carbocycles. The van der Waals surface area contributed by atoms with Crippen molar-refractivity contribution in [3.8, 4) is 0 Å². The summed E-state index contributed by atoms with van der Waals surface area (Å²) in [6, 6.07) is 0. The van der Waals surface area contributed by atoms with Crippen LogP contribution in [0, 0.1) is 10.1 Å². The van der Waals surface area contributed by atoms with E-state index >= 15 is 0 Å². The number of nitrogens with zero attached hydrogens (tertiary/aromatic N) is 3. The Labute approximate surface area is 122 Å². The fourth-order valence-electron chi connectivity index (χ4n) is 1.80. The summed E-state index contributed by atoms with van der Waals surface area (Å²) in [5.74, 6) is 0.720. The number of thioether (sulfide) groups is 1. The lowest BCUT2D eigenvalue weighted by molar-refractivity contribution is -0.384. The minimum Gasteiger partial charge on any atom is -0.363 e. The highest BCUT2D eigenvalue weighted by Crippen LogP contribution is 2.47. The molecule has 0 amide bonds. The van der Waals surface area contributed by atoms with Crippen molar-refractivity contribution in [2.75, 3.05) is 30.0 Å². The third-order valence-electron chi connectivity index (χ3n) is 3.32. The number of hydrogen-bond acceptors (Lipinski definition) is 7. The third-order valence-corrected chi connectivity index (χ3v) is 4.74. The first-order valence-electron chi connectivity index (χ1n) is 6.64. The lowest BCUT2D eigenvalue weighted by Gasteiger charge is -2.14. The topological polar surface area (TPSA) is 93.0 Å². The average molecular weight is 297 g/mol. The van der Waals surface area contributed by atoms with Gasteiger partial charge in [-0.05, 0) is 25.5 Å². The van der Waals surface area contributed by atoms with Crippen molar-refractivity contribution < 1.29 is 4.92 Å². The highest BCUT2D eigenvalue weighted by molar-refractivity contribution is 8.00. The Hall–Kier alpha value is -1.57. The Balaban J connectivity index is 2.11. The van der Waals surface area contributed by atoms with Gasteiger partial charge in [-0.1, -0.05) is 6.92 Å². The van der Waals surface area contributed by atoms with Crippen molar-refractivity contribution in [3.63, 3.8) is 0 Å². The van der Waals surface area contributed by atoms with E-state index in [0.717, 1.165) is 25.8 Å². The number of aromatic nitrogens is 2. The monoisotopic (exact) mass is 297 g/mol. The largest absolute Gasteiger partial charge is 0.363 e. The summed E-state index contributed by atoms with van der Waals surface area (Å²) >= 11 is 1.80. The number of nitrogens with one attached hydrogen (secondary N) is 2. The normalized spacial score (nSPS) is 15.7. The molecule has 8 heteroatoms. The Kier molecular flexibility index (Phi) is 4.64. The Morgan fingerprint density at radius 1 is 1.50 bits per heavy atom. The summed E-state index contributed by atoms with van der Waals surface area (Å²) in [5.41, 5.74) is -0.0797. The van der Waals surface area contributed by atoms with Gasteiger partial charge in [-0.15, -0.1) is 0 Å². The fourth-order valence-corrected chi connectivity index (χ4v) is 2.53. The van der Waals surface area contributed by atoms with Gasteiger partial charge in [0.05, 0.1) is 4.92 Å². The first kappa shape index (κ1) is 14.8. The van der Waals surface area contributed by atoms with Gasteiger partial charge in [-0.25, -0.2) is 4.98 Å². The van der Waals surface area contributed by atoms with Crippen LogP contribution in [-0.2, 0) is 0 Å². The maximum absolute atomic E-state index is 11.0. The second kappa shape index (κ2) is 6.25. The van der Waals surface area contributed by atoms with Crippen LogP contribution in [0.25, 0.3) is 0 Å². The van der Waals surface area contributed by atoms with Gasteiger partial charge >= 0.3 is 5.69 Å². The van der Waals surface area contributed by atoms with E-state index in [1.165, 1.54) is 6.20 Å². The van der Waals surface area contributed by atoms with Crippen LogP contribution >= 0.6 is 11.8 Å². The van der Waals surface area contributed by atoms with Crippen LogP contribution in [0.2, 0.25) is 0 Å². The maximum Gasteiger partial charge on any atom is 0.329 e. The molecule has 1 fully saturated rings. The van der Waals surface area contributed by atoms with Gasteiger partial charge in [0.15, 0.2) is 0 Å². The zero-order chi connectivity index (χ0) is 14.6. The van der Waals surface area contributed by atoms with E-state index in [0.29, 0.717) is 18.3 Å². The van der Waals surface area contributed by atoms with Crippen LogP contribution in [0.15, 0.2) is 6.20 Å². The SMILES string of the molecule is CCCNc1ncc([N+](=O)[O-])c(NCC2(SC)CC2)n1. The molecule has 2 rings (SSSR count). The Morgan fingerprint density at radius 2 is 2.25 bits per heavy atom. The van der Waals surface area contributed by atoms with E-state index < -0.39 is 4.92 Å². The second-order valence-corrected chi connectivity index (χ2v) is 6.13. The van der Waals surface area contributed by atoms with Crippen LogP contribution in [-0.4, -0.2) is 39.0 Å². The molecule has 20 heavy (non-hydrogen) atoms. The molecule has 1 aromatic rings. The number of anilines is 2. The predicted molar refractivity (Wildman–Crippen MR) is 81.4 cm³/mol. The fraction of sp³-hybridized carbons (Fsp3) is 0.667. The van der Waals surface area contributed by atoms with E-state index in [9.17, 15) is 10.1 Å². The molecule has 1 saturated carbocycles. The Bertz CT molecular complexity index is 493. The summed E-state index contributed by atoms with van der Waals surface area (Å²) in [6.07, 6.45) is 6.55. The molecule has 0 saturated heterocycles. The lowest BCUT2D eigenvalue weighted by Crippen LogP contribution is -2.19. The minimum atomic E-state index is -0.454. The highest BCUT2D eigenvalue weighted by Gasteiger charge is 2.42. The van der Waals surface area contributed by atoms with Crippen LogP contribution in [0.4, 0.5) is 17.5 Å². The minimum absolute atomic E-state index is 0.0797. The van der Waals surface area contributed by atoms with E-state index in [1.54, 1.807) is 11.8 Å². The number of nitro groups is 1. The molecular weight excluding hydrogens is 278 g/mol. The van der Waals surface area contributed by atoms with Crippen molar-refractivity contribution >= 4 is 29.2 Å². The number of rotatable bonds is 8. The molecule has 0 radical (unpaired) electrons. The maximum atomic E-state index is 11.0. The first-order chi connectivity index (χ1) is 9.60. The van der Waals surface area contributed by atoms with Gasteiger partial charge in [0.1, 0.15) is 6.20 Å². The molecule has 1 aromatic heterocycles. The van der Waals surface area contributed by atoms with Gasteiger partial charge < -0.3 is 10.6 Å².